The van der Waals surface area contributed by atoms with Crippen molar-refractivity contribution in [3.8, 4) is 6.07 Å². The van der Waals surface area contributed by atoms with Crippen LogP contribution in [0.15, 0.2) is 67.0 Å². The number of carbonyl (C=O) groups is 1. The quantitative estimate of drug-likeness (QED) is 0.438. The van der Waals surface area contributed by atoms with Gasteiger partial charge in [0.05, 0.1) is 42.4 Å². The molecular weight excluding hydrogens is 404 g/mol. The van der Waals surface area contributed by atoms with Crippen LogP contribution in [-0.4, -0.2) is 42.3 Å². The van der Waals surface area contributed by atoms with Crippen molar-refractivity contribution < 1.29 is 9.90 Å². The van der Waals surface area contributed by atoms with E-state index in [0.29, 0.717) is 31.7 Å². The molecule has 32 heavy (non-hydrogen) atoms. The second-order valence-electron chi connectivity index (χ2n) is 7.53. The van der Waals surface area contributed by atoms with E-state index in [4.69, 9.17) is 10.2 Å². The number of nitrogens with zero attached hydrogens (tertiary/aromatic N) is 6. The molecule has 1 N–H and O–H groups in total. The van der Waals surface area contributed by atoms with Gasteiger partial charge in [-0.25, -0.2) is 0 Å². The average Bonchev–Trinajstić information content (AvgIpc) is 3.24. The molecule has 0 fully saturated rings. The minimum absolute atomic E-state index is 0.0251. The Bertz CT molecular complexity index is 1260. The highest BCUT2D eigenvalue weighted by atomic mass is 16.4. The summed E-state index contributed by atoms with van der Waals surface area (Å²) < 4.78 is 1.93. The standard InChI is InChI=1S/C24H22N6O2/c25-13-18-5-7-19(8-6-18)14-30-17-26-28-23(30)16-29(12-11-24(31)32)15-21-10-9-20-3-1-2-4-22(20)27-21/h1-10,17H,11-12,14-16H2,(H,31,32). The van der Waals surface area contributed by atoms with E-state index in [9.17, 15) is 9.90 Å². The first-order valence-corrected chi connectivity index (χ1v) is 10.3. The summed E-state index contributed by atoms with van der Waals surface area (Å²) in [4.78, 5) is 17.9. The number of pyridine rings is 1. The molecular formula is C24H22N6O2. The zero-order chi connectivity index (χ0) is 22.3. The van der Waals surface area contributed by atoms with Gasteiger partial charge < -0.3 is 9.67 Å². The lowest BCUT2D eigenvalue weighted by Crippen LogP contribution is -2.27. The molecule has 0 aliphatic heterocycles. The summed E-state index contributed by atoms with van der Waals surface area (Å²) in [6, 6.07) is 21.4. The number of carboxylic acid groups (broad SMARTS) is 1. The molecule has 4 aromatic rings. The van der Waals surface area contributed by atoms with E-state index < -0.39 is 5.97 Å². The Labute approximate surface area is 185 Å². The van der Waals surface area contributed by atoms with Gasteiger partial charge in [0, 0.05) is 18.5 Å². The fourth-order valence-electron chi connectivity index (χ4n) is 3.51. The highest BCUT2D eigenvalue weighted by Crippen LogP contribution is 2.15. The van der Waals surface area contributed by atoms with Gasteiger partial charge in [-0.1, -0.05) is 36.4 Å². The fourth-order valence-corrected chi connectivity index (χ4v) is 3.51. The van der Waals surface area contributed by atoms with E-state index in [1.807, 2.05) is 58.0 Å². The third-order valence-electron chi connectivity index (χ3n) is 5.18. The Kier molecular flexibility index (Phi) is 6.49. The molecule has 0 saturated heterocycles. The predicted octanol–water partition coefficient (Wildman–Crippen LogP) is 3.22. The zero-order valence-corrected chi connectivity index (χ0v) is 17.4. The van der Waals surface area contributed by atoms with Gasteiger partial charge in [-0.15, -0.1) is 10.2 Å². The molecule has 2 aromatic carbocycles. The third-order valence-corrected chi connectivity index (χ3v) is 5.18. The molecule has 2 heterocycles. The Hall–Kier alpha value is -4.09. The number of fused-ring (bicyclic) bond motifs is 1. The van der Waals surface area contributed by atoms with Crippen LogP contribution in [0.4, 0.5) is 0 Å². The van der Waals surface area contributed by atoms with Gasteiger partial charge in [-0.3, -0.25) is 14.7 Å². The lowest BCUT2D eigenvalue weighted by molar-refractivity contribution is -0.137. The molecule has 0 bridgehead atoms. The van der Waals surface area contributed by atoms with Crippen molar-refractivity contribution in [2.24, 2.45) is 0 Å². The summed E-state index contributed by atoms with van der Waals surface area (Å²) in [6.45, 7) is 1.88. The molecule has 0 aliphatic carbocycles. The highest BCUT2D eigenvalue weighted by Gasteiger charge is 2.15. The van der Waals surface area contributed by atoms with Crippen LogP contribution in [0.5, 0.6) is 0 Å². The number of nitriles is 1. The van der Waals surface area contributed by atoms with Crippen LogP contribution < -0.4 is 0 Å². The maximum Gasteiger partial charge on any atom is 0.304 e. The van der Waals surface area contributed by atoms with Crippen LogP contribution in [0, 0.1) is 11.3 Å². The van der Waals surface area contributed by atoms with E-state index >= 15 is 0 Å². The van der Waals surface area contributed by atoms with Crippen molar-refractivity contribution in [2.75, 3.05) is 6.54 Å². The van der Waals surface area contributed by atoms with Gasteiger partial charge in [0.15, 0.2) is 0 Å². The number of hydrogen-bond donors (Lipinski definition) is 1. The molecule has 2 aromatic heterocycles. The van der Waals surface area contributed by atoms with Crippen LogP contribution in [0.1, 0.15) is 29.1 Å². The molecule has 4 rings (SSSR count). The molecule has 8 nitrogen and oxygen atoms in total. The summed E-state index contributed by atoms with van der Waals surface area (Å²) >= 11 is 0. The second kappa shape index (κ2) is 9.81. The van der Waals surface area contributed by atoms with Crippen LogP contribution in [0.25, 0.3) is 10.9 Å². The van der Waals surface area contributed by atoms with Gasteiger partial charge in [0.2, 0.25) is 0 Å². The first kappa shape index (κ1) is 21.2. The number of aromatic nitrogens is 4. The molecule has 0 saturated carbocycles. The molecule has 8 heteroatoms. The summed E-state index contributed by atoms with van der Waals surface area (Å²) in [5.41, 5.74) is 3.42. The van der Waals surface area contributed by atoms with Crippen LogP contribution in [-0.2, 0) is 24.4 Å². The molecule has 0 atom stereocenters. The number of aliphatic carboxylic acids is 1. The number of para-hydroxylation sites is 1. The van der Waals surface area contributed by atoms with Gasteiger partial charge in [0.1, 0.15) is 12.2 Å². The van der Waals surface area contributed by atoms with E-state index in [1.165, 1.54) is 0 Å². The van der Waals surface area contributed by atoms with E-state index in [1.54, 1.807) is 18.5 Å². The van der Waals surface area contributed by atoms with Gasteiger partial charge in [-0.05, 0) is 29.8 Å². The van der Waals surface area contributed by atoms with E-state index in [0.717, 1.165) is 28.0 Å². The maximum atomic E-state index is 11.2. The number of rotatable bonds is 9. The smallest absolute Gasteiger partial charge is 0.304 e. The molecule has 160 valence electrons. The van der Waals surface area contributed by atoms with Crippen molar-refractivity contribution in [1.29, 1.82) is 5.26 Å². The Morgan fingerprint density at radius 2 is 1.88 bits per heavy atom. The lowest BCUT2D eigenvalue weighted by Gasteiger charge is -2.21. The number of benzene rings is 2. The van der Waals surface area contributed by atoms with E-state index in [2.05, 4.69) is 16.3 Å². The predicted molar refractivity (Wildman–Crippen MR) is 118 cm³/mol. The highest BCUT2D eigenvalue weighted by molar-refractivity contribution is 5.78. The van der Waals surface area contributed by atoms with Crippen LogP contribution >= 0.6 is 0 Å². The molecule has 0 spiro atoms. The first-order chi connectivity index (χ1) is 15.6. The molecule has 0 amide bonds. The minimum Gasteiger partial charge on any atom is -0.481 e. The van der Waals surface area contributed by atoms with Gasteiger partial charge >= 0.3 is 5.97 Å². The van der Waals surface area contributed by atoms with E-state index in [-0.39, 0.29) is 6.42 Å². The monoisotopic (exact) mass is 426 g/mol. The Balaban J connectivity index is 1.51. The summed E-state index contributed by atoms with van der Waals surface area (Å²) in [5, 5.41) is 27.5. The van der Waals surface area contributed by atoms with Gasteiger partial charge in [0.25, 0.3) is 0 Å². The largest absolute Gasteiger partial charge is 0.481 e. The maximum absolute atomic E-state index is 11.2. The molecule has 0 aliphatic rings. The average molecular weight is 426 g/mol. The number of carboxylic acids is 1. The molecule has 0 radical (unpaired) electrons. The third kappa shape index (κ3) is 5.33. The normalized spacial score (nSPS) is 11.0. The minimum atomic E-state index is -0.847. The SMILES string of the molecule is N#Cc1ccc(Cn2cnnc2CN(CCC(=O)O)Cc2ccc3ccccc3n2)cc1. The number of hydrogen-bond acceptors (Lipinski definition) is 6. The summed E-state index contributed by atoms with van der Waals surface area (Å²) in [5.74, 6) is -0.110. The Morgan fingerprint density at radius 3 is 2.66 bits per heavy atom. The van der Waals surface area contributed by atoms with Crippen LogP contribution in [0.2, 0.25) is 0 Å². The van der Waals surface area contributed by atoms with Crippen molar-refractivity contribution >= 4 is 16.9 Å². The molecule has 0 unspecified atom stereocenters. The van der Waals surface area contributed by atoms with Crippen LogP contribution in [0.3, 0.4) is 0 Å². The van der Waals surface area contributed by atoms with Gasteiger partial charge in [-0.2, -0.15) is 5.26 Å². The van der Waals surface area contributed by atoms with Crippen molar-refractivity contribution in [2.45, 2.75) is 26.1 Å². The van der Waals surface area contributed by atoms with Crippen molar-refractivity contribution in [3.63, 3.8) is 0 Å². The zero-order valence-electron chi connectivity index (χ0n) is 17.4. The van der Waals surface area contributed by atoms with Crippen molar-refractivity contribution in [1.82, 2.24) is 24.6 Å². The fraction of sp³-hybridized carbons (Fsp3) is 0.208. The van der Waals surface area contributed by atoms with Crippen molar-refractivity contribution in [3.05, 3.63) is 89.6 Å². The first-order valence-electron chi connectivity index (χ1n) is 10.3. The second-order valence-corrected chi connectivity index (χ2v) is 7.53. The topological polar surface area (TPSA) is 108 Å². The Morgan fingerprint density at radius 1 is 1.06 bits per heavy atom. The summed E-state index contributed by atoms with van der Waals surface area (Å²) in [7, 11) is 0. The summed E-state index contributed by atoms with van der Waals surface area (Å²) in [6.07, 6.45) is 1.69. The lowest BCUT2D eigenvalue weighted by atomic mass is 10.1.